The fraction of sp³-hybridized carbons (Fsp3) is 0.250. The van der Waals surface area contributed by atoms with E-state index in [1.165, 1.54) is 11.3 Å². The Morgan fingerprint density at radius 2 is 2.21 bits per heavy atom. The monoisotopic (exact) mass is 313 g/mol. The SMILES string of the molecule is CC(C)C(=O)NC(=S)Nc1nc2ccc(Cl)cc2s1. The molecule has 0 fully saturated rings. The van der Waals surface area contributed by atoms with Crippen molar-refractivity contribution in [2.24, 2.45) is 5.92 Å². The normalized spacial score (nSPS) is 10.7. The number of anilines is 1. The highest BCUT2D eigenvalue weighted by Gasteiger charge is 2.10. The maximum absolute atomic E-state index is 11.5. The number of halogens is 1. The summed E-state index contributed by atoms with van der Waals surface area (Å²) in [5.41, 5.74) is 0.842. The molecule has 0 aliphatic carbocycles. The number of thiocarbonyl (C=S) groups is 1. The molecule has 0 saturated heterocycles. The number of nitrogens with one attached hydrogen (secondary N) is 2. The number of aromatic nitrogens is 1. The number of carbonyl (C=O) groups is 1. The maximum Gasteiger partial charge on any atom is 0.228 e. The lowest BCUT2D eigenvalue weighted by atomic mass is 10.2. The quantitative estimate of drug-likeness (QED) is 0.834. The van der Waals surface area contributed by atoms with Crippen molar-refractivity contribution in [3.05, 3.63) is 23.2 Å². The first kappa shape index (κ1) is 14.2. The van der Waals surface area contributed by atoms with Gasteiger partial charge in [0.1, 0.15) is 0 Å². The third kappa shape index (κ3) is 3.62. The molecule has 0 bridgehead atoms. The fourth-order valence-electron chi connectivity index (χ4n) is 1.34. The van der Waals surface area contributed by atoms with Crippen LogP contribution in [0.2, 0.25) is 5.02 Å². The minimum atomic E-state index is -0.123. The molecule has 2 aromatic rings. The predicted octanol–water partition coefficient (Wildman–Crippen LogP) is 3.42. The van der Waals surface area contributed by atoms with Crippen LogP contribution in [0.15, 0.2) is 18.2 Å². The van der Waals surface area contributed by atoms with E-state index < -0.39 is 0 Å². The van der Waals surface area contributed by atoms with Crippen molar-refractivity contribution in [1.82, 2.24) is 10.3 Å². The summed E-state index contributed by atoms with van der Waals surface area (Å²) in [6.07, 6.45) is 0. The van der Waals surface area contributed by atoms with Gasteiger partial charge in [-0.25, -0.2) is 4.98 Å². The van der Waals surface area contributed by atoms with Gasteiger partial charge < -0.3 is 10.6 Å². The third-order valence-electron chi connectivity index (χ3n) is 2.33. The molecule has 2 rings (SSSR count). The van der Waals surface area contributed by atoms with E-state index in [0.29, 0.717) is 10.2 Å². The molecular formula is C12H12ClN3OS2. The number of hydrogen-bond donors (Lipinski definition) is 2. The van der Waals surface area contributed by atoms with Gasteiger partial charge >= 0.3 is 0 Å². The number of fused-ring (bicyclic) bond motifs is 1. The number of amides is 1. The Morgan fingerprint density at radius 3 is 2.89 bits per heavy atom. The molecule has 1 aromatic heterocycles. The lowest BCUT2D eigenvalue weighted by Crippen LogP contribution is -2.36. The maximum atomic E-state index is 11.5. The number of rotatable bonds is 2. The number of hydrogen-bond acceptors (Lipinski definition) is 4. The summed E-state index contributed by atoms with van der Waals surface area (Å²) in [5.74, 6) is -0.240. The number of benzene rings is 1. The van der Waals surface area contributed by atoms with E-state index in [1.54, 1.807) is 19.9 Å². The van der Waals surface area contributed by atoms with E-state index in [9.17, 15) is 4.79 Å². The van der Waals surface area contributed by atoms with E-state index in [1.807, 2.05) is 12.1 Å². The molecule has 19 heavy (non-hydrogen) atoms. The van der Waals surface area contributed by atoms with Gasteiger partial charge in [-0.05, 0) is 30.4 Å². The first-order valence-corrected chi connectivity index (χ1v) is 7.24. The van der Waals surface area contributed by atoms with Gasteiger partial charge in [-0.3, -0.25) is 4.79 Å². The van der Waals surface area contributed by atoms with E-state index in [2.05, 4.69) is 15.6 Å². The van der Waals surface area contributed by atoms with Crippen molar-refractivity contribution in [3.8, 4) is 0 Å². The summed E-state index contributed by atoms with van der Waals surface area (Å²) in [7, 11) is 0. The largest absolute Gasteiger partial charge is 0.308 e. The molecule has 100 valence electrons. The van der Waals surface area contributed by atoms with Crippen LogP contribution in [0.3, 0.4) is 0 Å². The highest BCUT2D eigenvalue weighted by molar-refractivity contribution is 7.80. The first-order chi connectivity index (χ1) is 8.95. The molecule has 0 atom stereocenters. The summed E-state index contributed by atoms with van der Waals surface area (Å²) >= 11 is 12.4. The van der Waals surface area contributed by atoms with Crippen molar-refractivity contribution >= 4 is 61.5 Å². The Balaban J connectivity index is 2.09. The molecule has 0 aliphatic heterocycles. The Labute approximate surface area is 125 Å². The van der Waals surface area contributed by atoms with E-state index in [-0.39, 0.29) is 16.9 Å². The van der Waals surface area contributed by atoms with Crippen LogP contribution in [0.25, 0.3) is 10.2 Å². The highest BCUT2D eigenvalue weighted by Crippen LogP contribution is 2.28. The minimum absolute atomic E-state index is 0.117. The zero-order chi connectivity index (χ0) is 14.0. The van der Waals surface area contributed by atoms with Crippen molar-refractivity contribution < 1.29 is 4.79 Å². The Morgan fingerprint density at radius 1 is 1.47 bits per heavy atom. The zero-order valence-corrected chi connectivity index (χ0v) is 12.7. The summed E-state index contributed by atoms with van der Waals surface area (Å²) in [6.45, 7) is 3.61. The van der Waals surface area contributed by atoms with E-state index >= 15 is 0 Å². The molecule has 0 saturated carbocycles. The van der Waals surface area contributed by atoms with Crippen LogP contribution in [0, 0.1) is 5.92 Å². The average Bonchev–Trinajstić information content (AvgIpc) is 2.69. The Hall–Kier alpha value is -1.24. The summed E-state index contributed by atoms with van der Waals surface area (Å²) in [6, 6.07) is 5.47. The molecule has 0 spiro atoms. The van der Waals surface area contributed by atoms with Gasteiger partial charge in [-0.15, -0.1) is 0 Å². The van der Waals surface area contributed by atoms with Gasteiger partial charge in [0.15, 0.2) is 10.2 Å². The first-order valence-electron chi connectivity index (χ1n) is 5.63. The van der Waals surface area contributed by atoms with Crippen LogP contribution < -0.4 is 10.6 Å². The van der Waals surface area contributed by atoms with Gasteiger partial charge in [-0.1, -0.05) is 36.8 Å². The average molecular weight is 314 g/mol. The van der Waals surface area contributed by atoms with Crippen LogP contribution >= 0.6 is 35.2 Å². The third-order valence-corrected chi connectivity index (χ3v) is 3.70. The molecule has 1 aromatic carbocycles. The van der Waals surface area contributed by atoms with Crippen LogP contribution in [-0.4, -0.2) is 16.0 Å². The molecule has 0 unspecified atom stereocenters. The Kier molecular flexibility index (Phi) is 4.34. The van der Waals surface area contributed by atoms with Crippen LogP contribution in [-0.2, 0) is 4.79 Å². The number of thiazole rings is 1. The van der Waals surface area contributed by atoms with Gasteiger partial charge in [0.25, 0.3) is 0 Å². The van der Waals surface area contributed by atoms with Gasteiger partial charge in [0, 0.05) is 10.9 Å². The highest BCUT2D eigenvalue weighted by atomic mass is 35.5. The summed E-state index contributed by atoms with van der Waals surface area (Å²) in [5, 5.41) is 7.06. The van der Waals surface area contributed by atoms with E-state index in [0.717, 1.165) is 10.2 Å². The number of nitrogens with zero attached hydrogens (tertiary/aromatic N) is 1. The van der Waals surface area contributed by atoms with Gasteiger partial charge in [-0.2, -0.15) is 0 Å². The molecular weight excluding hydrogens is 302 g/mol. The second kappa shape index (κ2) is 5.81. The van der Waals surface area contributed by atoms with Crippen molar-refractivity contribution in [3.63, 3.8) is 0 Å². The molecule has 0 aliphatic rings. The molecule has 1 heterocycles. The van der Waals surface area contributed by atoms with Gasteiger partial charge in [0.2, 0.25) is 5.91 Å². The van der Waals surface area contributed by atoms with Crippen molar-refractivity contribution in [1.29, 1.82) is 0 Å². The fourth-order valence-corrected chi connectivity index (χ4v) is 2.74. The summed E-state index contributed by atoms with van der Waals surface area (Å²) in [4.78, 5) is 15.8. The van der Waals surface area contributed by atoms with Crippen molar-refractivity contribution in [2.75, 3.05) is 5.32 Å². The van der Waals surface area contributed by atoms with Gasteiger partial charge in [0.05, 0.1) is 10.2 Å². The summed E-state index contributed by atoms with van der Waals surface area (Å²) < 4.78 is 0.966. The molecule has 4 nitrogen and oxygen atoms in total. The topological polar surface area (TPSA) is 54.0 Å². The molecule has 7 heteroatoms. The van der Waals surface area contributed by atoms with Crippen LogP contribution in [0.1, 0.15) is 13.8 Å². The Bertz CT molecular complexity index is 639. The molecule has 0 radical (unpaired) electrons. The molecule has 1 amide bonds. The van der Waals surface area contributed by atoms with Crippen molar-refractivity contribution in [2.45, 2.75) is 13.8 Å². The standard InChI is InChI=1S/C12H12ClN3OS2/c1-6(2)10(17)15-11(18)16-12-14-8-4-3-7(13)5-9(8)19-12/h3-6H,1-2H3,(H2,14,15,16,17,18). The van der Waals surface area contributed by atoms with Crippen LogP contribution in [0.4, 0.5) is 5.13 Å². The smallest absolute Gasteiger partial charge is 0.228 e. The lowest BCUT2D eigenvalue weighted by molar-refractivity contribution is -0.122. The number of carbonyl (C=O) groups excluding carboxylic acids is 1. The lowest BCUT2D eigenvalue weighted by Gasteiger charge is -2.08. The predicted molar refractivity (Wildman–Crippen MR) is 83.8 cm³/mol. The van der Waals surface area contributed by atoms with Crippen LogP contribution in [0.5, 0.6) is 0 Å². The zero-order valence-electron chi connectivity index (χ0n) is 10.4. The molecule has 2 N–H and O–H groups in total. The minimum Gasteiger partial charge on any atom is -0.308 e. The van der Waals surface area contributed by atoms with E-state index in [4.69, 9.17) is 23.8 Å². The second-order valence-corrected chi connectivity index (χ2v) is 6.10. The second-order valence-electron chi connectivity index (χ2n) is 4.23.